The summed E-state index contributed by atoms with van der Waals surface area (Å²) in [4.78, 5) is 22.9. The van der Waals surface area contributed by atoms with Crippen molar-refractivity contribution in [2.75, 3.05) is 0 Å². The molecule has 0 rings (SSSR count). The molecular weight excluding hydrogens is 544 g/mol. The number of unbranched alkanes of at least 4 members (excludes halogenated alkanes) is 28. The Hall–Kier alpha value is -1.06. The van der Waals surface area contributed by atoms with Crippen LogP contribution >= 0.6 is 0 Å². The van der Waals surface area contributed by atoms with E-state index in [1.165, 1.54) is 173 Å². The predicted molar refractivity (Wildman–Crippen MR) is 190 cm³/mol. The molecule has 0 saturated carbocycles. The van der Waals surface area contributed by atoms with Crippen LogP contribution in [0.25, 0.3) is 0 Å². The Morgan fingerprint density at radius 2 is 0.727 bits per heavy atom. The van der Waals surface area contributed by atoms with Crippen molar-refractivity contribution in [3.8, 4) is 0 Å². The maximum atomic E-state index is 12.4. The average Bonchev–Trinajstić information content (AvgIpc) is 3.00. The van der Waals surface area contributed by atoms with Gasteiger partial charge in [-0.3, -0.25) is 9.59 Å². The maximum absolute atomic E-state index is 12.4. The van der Waals surface area contributed by atoms with Crippen LogP contribution in [0.3, 0.4) is 0 Å². The Labute approximate surface area is 275 Å². The van der Waals surface area contributed by atoms with Gasteiger partial charge in [-0.15, -0.1) is 0 Å². The van der Waals surface area contributed by atoms with E-state index in [1.807, 2.05) is 0 Å². The molecule has 0 spiro atoms. The van der Waals surface area contributed by atoms with Gasteiger partial charge < -0.3 is 9.84 Å². The highest BCUT2D eigenvalue weighted by Crippen LogP contribution is 2.18. The largest absolute Gasteiger partial charge is 0.481 e. The summed E-state index contributed by atoms with van der Waals surface area (Å²) in [6, 6.07) is 0. The number of hydrogen-bond donors (Lipinski definition) is 1. The Bertz CT molecular complexity index is 590. The first-order chi connectivity index (χ1) is 21.6. The van der Waals surface area contributed by atoms with Crippen LogP contribution in [-0.4, -0.2) is 23.1 Å². The molecule has 1 N–H and O–H groups in total. The van der Waals surface area contributed by atoms with E-state index < -0.39 is 5.97 Å². The second-order valence-electron chi connectivity index (χ2n) is 13.8. The van der Waals surface area contributed by atoms with Gasteiger partial charge in [0.15, 0.2) is 0 Å². The molecule has 1 unspecified atom stereocenters. The van der Waals surface area contributed by atoms with Gasteiger partial charge >= 0.3 is 11.9 Å². The molecule has 4 nitrogen and oxygen atoms in total. The third-order valence-corrected chi connectivity index (χ3v) is 9.31. The van der Waals surface area contributed by atoms with Crippen molar-refractivity contribution < 1.29 is 19.4 Å². The van der Waals surface area contributed by atoms with E-state index in [0.29, 0.717) is 12.8 Å². The zero-order valence-electron chi connectivity index (χ0n) is 30.0. The van der Waals surface area contributed by atoms with Crippen molar-refractivity contribution in [2.45, 2.75) is 245 Å². The van der Waals surface area contributed by atoms with Crippen molar-refractivity contribution in [3.05, 3.63) is 0 Å². The van der Waals surface area contributed by atoms with Gasteiger partial charge in [0, 0.05) is 12.8 Å². The molecule has 44 heavy (non-hydrogen) atoms. The van der Waals surface area contributed by atoms with Crippen molar-refractivity contribution in [2.24, 2.45) is 0 Å². The number of carboxylic acids is 1. The molecule has 4 heteroatoms. The number of rotatable bonds is 37. The third-order valence-electron chi connectivity index (χ3n) is 9.31. The summed E-state index contributed by atoms with van der Waals surface area (Å²) in [5.74, 6) is -0.627. The Morgan fingerprint density at radius 1 is 0.409 bits per heavy atom. The van der Waals surface area contributed by atoms with E-state index in [-0.39, 0.29) is 12.1 Å². The van der Waals surface area contributed by atoms with Crippen LogP contribution in [-0.2, 0) is 14.3 Å². The molecule has 0 aromatic rings. The van der Waals surface area contributed by atoms with Crippen LogP contribution in [0.2, 0.25) is 0 Å². The second-order valence-corrected chi connectivity index (χ2v) is 13.8. The maximum Gasteiger partial charge on any atom is 0.306 e. The summed E-state index contributed by atoms with van der Waals surface area (Å²) in [6.45, 7) is 4.48. The molecule has 0 saturated heterocycles. The summed E-state index contributed by atoms with van der Waals surface area (Å²) >= 11 is 0. The molecule has 262 valence electrons. The third kappa shape index (κ3) is 35.4. The number of esters is 1. The highest BCUT2D eigenvalue weighted by molar-refractivity contribution is 5.69. The molecule has 0 fully saturated rings. The van der Waals surface area contributed by atoms with Crippen LogP contribution in [0.1, 0.15) is 239 Å². The Morgan fingerprint density at radius 3 is 1.07 bits per heavy atom. The van der Waals surface area contributed by atoms with Gasteiger partial charge in [-0.25, -0.2) is 0 Å². The van der Waals surface area contributed by atoms with E-state index in [1.54, 1.807) is 0 Å². The molecule has 0 radical (unpaired) electrons. The predicted octanol–water partition coefficient (Wildman–Crippen LogP) is 13.7. The quantitative estimate of drug-likeness (QED) is 0.0553. The molecule has 0 heterocycles. The first-order valence-corrected chi connectivity index (χ1v) is 20.0. The first kappa shape index (κ1) is 42.9. The van der Waals surface area contributed by atoms with Gasteiger partial charge in [0.05, 0.1) is 0 Å². The van der Waals surface area contributed by atoms with Crippen LogP contribution in [0, 0.1) is 0 Å². The number of carbonyl (C=O) groups is 2. The fourth-order valence-corrected chi connectivity index (χ4v) is 6.42. The minimum Gasteiger partial charge on any atom is -0.481 e. The Balaban J connectivity index is 3.48. The number of ether oxygens (including phenoxy) is 1. The summed E-state index contributed by atoms with van der Waals surface area (Å²) in [6.07, 6.45) is 43.4. The monoisotopic (exact) mass is 623 g/mol. The highest BCUT2D eigenvalue weighted by Gasteiger charge is 2.13. The summed E-state index contributed by atoms with van der Waals surface area (Å²) in [7, 11) is 0. The van der Waals surface area contributed by atoms with Crippen LogP contribution < -0.4 is 0 Å². The smallest absolute Gasteiger partial charge is 0.306 e. The normalized spacial score (nSPS) is 12.0. The molecule has 0 aliphatic heterocycles. The van der Waals surface area contributed by atoms with E-state index in [0.717, 1.165) is 38.5 Å². The van der Waals surface area contributed by atoms with Gasteiger partial charge in [0.2, 0.25) is 0 Å². The minimum atomic E-state index is -0.663. The number of carbonyl (C=O) groups excluding carboxylic acids is 1. The van der Waals surface area contributed by atoms with Gasteiger partial charge in [0.25, 0.3) is 0 Å². The molecule has 0 aromatic carbocycles. The lowest BCUT2D eigenvalue weighted by Crippen LogP contribution is -2.18. The zero-order chi connectivity index (χ0) is 32.2. The minimum absolute atomic E-state index is 0.0360. The zero-order valence-corrected chi connectivity index (χ0v) is 30.0. The standard InChI is InChI=1S/C40H78O4/c1-3-5-6-7-8-9-10-11-13-18-21-24-27-30-33-37-40(43)44-38(34-4-2)35-31-28-25-22-19-16-14-12-15-17-20-23-26-29-32-36-39(41)42/h38H,3-37H2,1-2H3,(H,41,42). The first-order valence-electron chi connectivity index (χ1n) is 20.0. The molecule has 1 atom stereocenters. The van der Waals surface area contributed by atoms with Crippen LogP contribution in [0.4, 0.5) is 0 Å². The lowest BCUT2D eigenvalue weighted by molar-refractivity contribution is -0.150. The summed E-state index contributed by atoms with van der Waals surface area (Å²) in [5.41, 5.74) is 0. The van der Waals surface area contributed by atoms with Crippen molar-refractivity contribution in [1.29, 1.82) is 0 Å². The van der Waals surface area contributed by atoms with E-state index in [4.69, 9.17) is 9.84 Å². The highest BCUT2D eigenvalue weighted by atomic mass is 16.5. The number of carboxylic acid groups (broad SMARTS) is 1. The molecular formula is C40H78O4. The molecule has 0 aliphatic carbocycles. The molecule has 0 bridgehead atoms. The SMILES string of the molecule is CCCCCCCCCCCCCCCCCC(=O)OC(CCC)CCCCCCCCCCCCCCCCCC(=O)O. The number of hydrogen-bond acceptors (Lipinski definition) is 3. The van der Waals surface area contributed by atoms with Crippen molar-refractivity contribution in [3.63, 3.8) is 0 Å². The fourth-order valence-electron chi connectivity index (χ4n) is 6.42. The van der Waals surface area contributed by atoms with Crippen LogP contribution in [0.15, 0.2) is 0 Å². The Kier molecular flexibility index (Phi) is 35.5. The fraction of sp³-hybridized carbons (Fsp3) is 0.950. The van der Waals surface area contributed by atoms with Crippen molar-refractivity contribution in [1.82, 2.24) is 0 Å². The van der Waals surface area contributed by atoms with E-state index in [9.17, 15) is 9.59 Å². The topological polar surface area (TPSA) is 63.6 Å². The van der Waals surface area contributed by atoms with Gasteiger partial charge in [0.1, 0.15) is 6.10 Å². The lowest BCUT2D eigenvalue weighted by Gasteiger charge is -2.17. The summed E-state index contributed by atoms with van der Waals surface area (Å²) in [5, 5.41) is 8.66. The number of aliphatic carboxylic acids is 1. The molecule has 0 aliphatic rings. The average molecular weight is 623 g/mol. The molecule has 0 aromatic heterocycles. The van der Waals surface area contributed by atoms with Gasteiger partial charge in [-0.05, 0) is 32.1 Å². The van der Waals surface area contributed by atoms with E-state index >= 15 is 0 Å². The van der Waals surface area contributed by atoms with Gasteiger partial charge in [-0.2, -0.15) is 0 Å². The molecule has 0 amide bonds. The lowest BCUT2D eigenvalue weighted by atomic mass is 10.0. The van der Waals surface area contributed by atoms with Crippen LogP contribution in [0.5, 0.6) is 0 Å². The van der Waals surface area contributed by atoms with Gasteiger partial charge in [-0.1, -0.05) is 194 Å². The second kappa shape index (κ2) is 36.4. The van der Waals surface area contributed by atoms with Crippen molar-refractivity contribution >= 4 is 11.9 Å². The van der Waals surface area contributed by atoms with E-state index in [2.05, 4.69) is 13.8 Å². The summed E-state index contributed by atoms with van der Waals surface area (Å²) < 4.78 is 5.88.